The maximum Gasteiger partial charge on any atom is 0.119 e. The first kappa shape index (κ1) is 17.2. The lowest BCUT2D eigenvalue weighted by atomic mass is 10.0. The summed E-state index contributed by atoms with van der Waals surface area (Å²) in [6, 6.07) is 17.9. The SMILES string of the molecule is COc1ccc(N2CCNCC2CCN2CCCc3ccccc32)cc1. The number of nitrogens with zero attached hydrogens (tertiary/aromatic N) is 2. The van der Waals surface area contributed by atoms with Crippen molar-refractivity contribution in [2.75, 3.05) is 49.6 Å². The van der Waals surface area contributed by atoms with Gasteiger partial charge in [0.25, 0.3) is 0 Å². The minimum absolute atomic E-state index is 0.534. The number of rotatable bonds is 5. The Balaban J connectivity index is 1.44. The molecule has 138 valence electrons. The second kappa shape index (κ2) is 8.00. The second-order valence-corrected chi connectivity index (χ2v) is 7.26. The molecule has 1 atom stereocenters. The third-order valence-corrected chi connectivity index (χ3v) is 5.69. The molecule has 0 radical (unpaired) electrons. The number of methoxy groups -OCH3 is 1. The van der Waals surface area contributed by atoms with Crippen LogP contribution in [-0.4, -0.2) is 45.9 Å². The van der Waals surface area contributed by atoms with Gasteiger partial charge in [0.2, 0.25) is 0 Å². The first-order valence-electron chi connectivity index (χ1n) is 9.79. The highest BCUT2D eigenvalue weighted by Crippen LogP contribution is 2.28. The zero-order chi connectivity index (χ0) is 17.8. The standard InChI is InChI=1S/C22H29N3O/c1-26-21-10-8-19(9-11-21)25-16-13-23-17-20(25)12-15-24-14-4-6-18-5-2-3-7-22(18)24/h2-3,5,7-11,20,23H,4,6,12-17H2,1H3. The van der Waals surface area contributed by atoms with E-state index in [0.29, 0.717) is 6.04 Å². The van der Waals surface area contributed by atoms with Crippen LogP contribution >= 0.6 is 0 Å². The first-order chi connectivity index (χ1) is 12.8. The van der Waals surface area contributed by atoms with Gasteiger partial charge in [0.15, 0.2) is 0 Å². The molecule has 2 aromatic rings. The van der Waals surface area contributed by atoms with Gasteiger partial charge >= 0.3 is 0 Å². The maximum atomic E-state index is 5.31. The van der Waals surface area contributed by atoms with E-state index >= 15 is 0 Å². The number of para-hydroxylation sites is 1. The monoisotopic (exact) mass is 351 g/mol. The van der Waals surface area contributed by atoms with E-state index in [0.717, 1.165) is 31.9 Å². The van der Waals surface area contributed by atoms with E-state index < -0.39 is 0 Å². The molecular weight excluding hydrogens is 322 g/mol. The van der Waals surface area contributed by atoms with Gasteiger partial charge in [0.05, 0.1) is 7.11 Å². The van der Waals surface area contributed by atoms with Crippen LogP contribution in [0.25, 0.3) is 0 Å². The Morgan fingerprint density at radius 1 is 1.08 bits per heavy atom. The number of hydrogen-bond donors (Lipinski definition) is 1. The van der Waals surface area contributed by atoms with E-state index in [-0.39, 0.29) is 0 Å². The highest BCUT2D eigenvalue weighted by atomic mass is 16.5. The third kappa shape index (κ3) is 3.65. The summed E-state index contributed by atoms with van der Waals surface area (Å²) in [4.78, 5) is 5.14. The van der Waals surface area contributed by atoms with E-state index in [1.165, 1.54) is 42.7 Å². The Labute approximate surface area is 156 Å². The van der Waals surface area contributed by atoms with Crippen LogP contribution in [0.4, 0.5) is 11.4 Å². The average molecular weight is 351 g/mol. The molecule has 0 amide bonds. The predicted molar refractivity (Wildman–Crippen MR) is 109 cm³/mol. The zero-order valence-corrected chi connectivity index (χ0v) is 15.7. The van der Waals surface area contributed by atoms with Crippen LogP contribution in [0.5, 0.6) is 5.75 Å². The van der Waals surface area contributed by atoms with E-state index in [1.807, 2.05) is 0 Å². The molecule has 1 unspecified atom stereocenters. The summed E-state index contributed by atoms with van der Waals surface area (Å²) in [7, 11) is 1.72. The van der Waals surface area contributed by atoms with E-state index in [9.17, 15) is 0 Å². The molecule has 4 nitrogen and oxygen atoms in total. The zero-order valence-electron chi connectivity index (χ0n) is 15.7. The predicted octanol–water partition coefficient (Wildman–Crippen LogP) is 3.32. The van der Waals surface area contributed by atoms with Crippen molar-refractivity contribution in [2.24, 2.45) is 0 Å². The second-order valence-electron chi connectivity index (χ2n) is 7.26. The van der Waals surface area contributed by atoms with Gasteiger partial charge in [-0.1, -0.05) is 18.2 Å². The Kier molecular flexibility index (Phi) is 5.30. The lowest BCUT2D eigenvalue weighted by Gasteiger charge is -2.40. The Hall–Kier alpha value is -2.20. The van der Waals surface area contributed by atoms with E-state index in [1.54, 1.807) is 7.11 Å². The number of ether oxygens (including phenoxy) is 1. The van der Waals surface area contributed by atoms with Crippen molar-refractivity contribution in [3.05, 3.63) is 54.1 Å². The lowest BCUT2D eigenvalue weighted by molar-refractivity contribution is 0.414. The van der Waals surface area contributed by atoms with Crippen LogP contribution in [0.15, 0.2) is 48.5 Å². The molecule has 2 aliphatic rings. The van der Waals surface area contributed by atoms with Gasteiger partial charge in [-0.3, -0.25) is 0 Å². The molecular formula is C22H29N3O. The minimum atomic E-state index is 0.534. The smallest absolute Gasteiger partial charge is 0.119 e. The first-order valence-corrected chi connectivity index (χ1v) is 9.79. The van der Waals surface area contributed by atoms with Crippen molar-refractivity contribution in [1.82, 2.24) is 5.32 Å². The molecule has 1 N–H and O–H groups in total. The van der Waals surface area contributed by atoms with Crippen molar-refractivity contribution in [3.8, 4) is 5.75 Å². The van der Waals surface area contributed by atoms with Crippen LogP contribution in [0.3, 0.4) is 0 Å². The molecule has 2 aromatic carbocycles. The van der Waals surface area contributed by atoms with Crippen LogP contribution in [-0.2, 0) is 6.42 Å². The van der Waals surface area contributed by atoms with Gasteiger partial charge in [0, 0.05) is 50.1 Å². The molecule has 0 bridgehead atoms. The van der Waals surface area contributed by atoms with Gasteiger partial charge in [-0.05, 0) is 55.2 Å². The van der Waals surface area contributed by atoms with Crippen LogP contribution < -0.4 is 19.9 Å². The number of benzene rings is 2. The molecule has 0 spiro atoms. The van der Waals surface area contributed by atoms with Crippen molar-refractivity contribution in [3.63, 3.8) is 0 Å². The highest BCUT2D eigenvalue weighted by Gasteiger charge is 2.24. The summed E-state index contributed by atoms with van der Waals surface area (Å²) < 4.78 is 5.31. The summed E-state index contributed by atoms with van der Waals surface area (Å²) in [5, 5.41) is 3.58. The fourth-order valence-electron chi connectivity index (χ4n) is 4.28. The number of piperazine rings is 1. The third-order valence-electron chi connectivity index (χ3n) is 5.69. The number of hydrogen-bond acceptors (Lipinski definition) is 4. The average Bonchev–Trinajstić information content (AvgIpc) is 2.72. The van der Waals surface area contributed by atoms with Gasteiger partial charge in [-0.2, -0.15) is 0 Å². The minimum Gasteiger partial charge on any atom is -0.497 e. The van der Waals surface area contributed by atoms with Gasteiger partial charge in [0.1, 0.15) is 5.75 Å². The molecule has 0 aromatic heterocycles. The fraction of sp³-hybridized carbons (Fsp3) is 0.455. The molecule has 4 heteroatoms. The summed E-state index contributed by atoms with van der Waals surface area (Å²) in [5.74, 6) is 0.922. The van der Waals surface area contributed by atoms with Crippen LogP contribution in [0.1, 0.15) is 18.4 Å². The summed E-state index contributed by atoms with van der Waals surface area (Å²) >= 11 is 0. The highest BCUT2D eigenvalue weighted by molar-refractivity contribution is 5.55. The number of fused-ring (bicyclic) bond motifs is 1. The van der Waals surface area contributed by atoms with Gasteiger partial charge in [-0.25, -0.2) is 0 Å². The van der Waals surface area contributed by atoms with Crippen molar-refractivity contribution >= 4 is 11.4 Å². The normalized spacial score (nSPS) is 20.0. The van der Waals surface area contributed by atoms with Gasteiger partial charge < -0.3 is 19.9 Å². The molecule has 0 saturated carbocycles. The Morgan fingerprint density at radius 3 is 2.77 bits per heavy atom. The molecule has 26 heavy (non-hydrogen) atoms. The van der Waals surface area contributed by atoms with Crippen LogP contribution in [0, 0.1) is 0 Å². The van der Waals surface area contributed by atoms with Gasteiger partial charge in [-0.15, -0.1) is 0 Å². The lowest BCUT2D eigenvalue weighted by Crippen LogP contribution is -2.52. The van der Waals surface area contributed by atoms with Crippen molar-refractivity contribution < 1.29 is 4.74 Å². The topological polar surface area (TPSA) is 27.7 Å². The molecule has 2 aliphatic heterocycles. The van der Waals surface area contributed by atoms with Crippen LogP contribution in [0.2, 0.25) is 0 Å². The molecule has 1 fully saturated rings. The molecule has 4 rings (SSSR count). The summed E-state index contributed by atoms with van der Waals surface area (Å²) in [5.41, 5.74) is 4.25. The van der Waals surface area contributed by atoms with Crippen molar-refractivity contribution in [2.45, 2.75) is 25.3 Å². The largest absolute Gasteiger partial charge is 0.497 e. The maximum absolute atomic E-state index is 5.31. The number of aryl methyl sites for hydroxylation is 1. The fourth-order valence-corrected chi connectivity index (χ4v) is 4.28. The number of nitrogens with one attached hydrogen (secondary N) is 1. The summed E-state index contributed by atoms with van der Waals surface area (Å²) in [6.07, 6.45) is 3.66. The Morgan fingerprint density at radius 2 is 1.92 bits per heavy atom. The van der Waals surface area contributed by atoms with E-state index in [4.69, 9.17) is 4.74 Å². The summed E-state index contributed by atoms with van der Waals surface area (Å²) in [6.45, 7) is 5.47. The number of anilines is 2. The Bertz CT molecular complexity index is 716. The molecule has 0 aliphatic carbocycles. The van der Waals surface area contributed by atoms with Crippen molar-refractivity contribution in [1.29, 1.82) is 0 Å². The molecule has 2 heterocycles. The van der Waals surface area contributed by atoms with E-state index in [2.05, 4.69) is 63.6 Å². The molecule has 1 saturated heterocycles. The quantitative estimate of drug-likeness (QED) is 0.894.